The molecule has 2 N–H and O–H groups in total. The van der Waals surface area contributed by atoms with E-state index in [1.54, 1.807) is 18.3 Å². The molecule has 5 rings (SSSR count). The second kappa shape index (κ2) is 9.69. The van der Waals surface area contributed by atoms with Gasteiger partial charge < -0.3 is 15.4 Å². The number of hydrogen-bond acceptors (Lipinski definition) is 6. The average molecular weight is 488 g/mol. The first-order chi connectivity index (χ1) is 17.5. The van der Waals surface area contributed by atoms with E-state index in [2.05, 4.69) is 19.9 Å². The number of pyridine rings is 1. The highest BCUT2D eigenvalue weighted by Gasteiger charge is 2.30. The second-order valence-electron chi connectivity index (χ2n) is 8.40. The van der Waals surface area contributed by atoms with Crippen molar-refractivity contribution in [2.45, 2.75) is 18.9 Å². The number of carbonyl (C=O) groups excluding carboxylic acids is 1. The molecule has 0 radical (unpaired) electrons. The molecule has 4 aromatic rings. The number of hydrogen-bond donors (Lipinski definition) is 1. The zero-order valence-corrected chi connectivity index (χ0v) is 19.5. The van der Waals surface area contributed by atoms with Gasteiger partial charge in [-0.2, -0.15) is 0 Å². The van der Waals surface area contributed by atoms with Crippen LogP contribution in [0.25, 0.3) is 22.5 Å². The summed E-state index contributed by atoms with van der Waals surface area (Å²) in [5.41, 5.74) is 7.82. The highest BCUT2D eigenvalue weighted by Crippen LogP contribution is 2.42. The lowest BCUT2D eigenvalue weighted by molar-refractivity contribution is 0.0996. The second-order valence-corrected chi connectivity index (χ2v) is 8.40. The van der Waals surface area contributed by atoms with Gasteiger partial charge in [0.15, 0.2) is 5.82 Å². The largest absolute Gasteiger partial charge is 0.496 e. The van der Waals surface area contributed by atoms with E-state index in [0.29, 0.717) is 11.3 Å². The Bertz CT molecular complexity index is 1430. The Morgan fingerprint density at radius 3 is 2.69 bits per heavy atom. The highest BCUT2D eigenvalue weighted by atomic mass is 19.1. The minimum atomic E-state index is -0.845. The van der Waals surface area contributed by atoms with E-state index < -0.39 is 17.5 Å². The summed E-state index contributed by atoms with van der Waals surface area (Å²) in [6, 6.07) is 14.4. The van der Waals surface area contributed by atoms with E-state index in [-0.39, 0.29) is 34.4 Å². The summed E-state index contributed by atoms with van der Waals surface area (Å²) < 4.78 is 34.4. The standard InChI is InChI=1S/C27H23F2N5O2/c1-36-23-9-4-6-19(29)24(23)27-32-15-18(25(33-27)26(30)35)17-14-16(28)10-11-21(17)34-13-5-8-22(34)20-7-2-3-12-31-20/h2-4,6-7,9-12,14-15,22H,5,8,13H2,1H3,(H2,30,35). The molecule has 1 fully saturated rings. The van der Waals surface area contributed by atoms with Crippen LogP contribution >= 0.6 is 0 Å². The van der Waals surface area contributed by atoms with Crippen LogP contribution in [0.15, 0.2) is 67.0 Å². The van der Waals surface area contributed by atoms with E-state index in [1.165, 1.54) is 37.6 Å². The molecule has 1 aliphatic rings. The number of anilines is 1. The molecule has 182 valence electrons. The number of carbonyl (C=O) groups is 1. The molecule has 1 saturated heterocycles. The zero-order chi connectivity index (χ0) is 25.2. The highest BCUT2D eigenvalue weighted by molar-refractivity contribution is 6.00. The van der Waals surface area contributed by atoms with E-state index in [0.717, 1.165) is 25.1 Å². The van der Waals surface area contributed by atoms with Gasteiger partial charge in [-0.05, 0) is 55.3 Å². The Labute approximate surface area is 206 Å². The molecule has 2 aromatic carbocycles. The minimum Gasteiger partial charge on any atom is -0.496 e. The SMILES string of the molecule is COc1cccc(F)c1-c1ncc(-c2cc(F)ccc2N2CCCC2c2ccccn2)c(C(N)=O)n1. The van der Waals surface area contributed by atoms with Crippen LogP contribution in [0.2, 0.25) is 0 Å². The van der Waals surface area contributed by atoms with E-state index in [9.17, 15) is 13.6 Å². The van der Waals surface area contributed by atoms with Crippen LogP contribution in [0.1, 0.15) is 35.1 Å². The van der Waals surface area contributed by atoms with Gasteiger partial charge in [0.05, 0.1) is 24.4 Å². The van der Waals surface area contributed by atoms with Crippen molar-refractivity contribution in [1.29, 1.82) is 0 Å². The fourth-order valence-electron chi connectivity index (χ4n) is 4.69. The maximum Gasteiger partial charge on any atom is 0.268 e. The van der Waals surface area contributed by atoms with Crippen LogP contribution in [0.3, 0.4) is 0 Å². The predicted octanol–water partition coefficient (Wildman–Crippen LogP) is 4.93. The monoisotopic (exact) mass is 487 g/mol. The number of halogens is 2. The number of amides is 1. The van der Waals surface area contributed by atoms with Crippen molar-refractivity contribution >= 4 is 11.6 Å². The average Bonchev–Trinajstić information content (AvgIpc) is 3.38. The van der Waals surface area contributed by atoms with Gasteiger partial charge in [0.1, 0.15) is 23.1 Å². The lowest BCUT2D eigenvalue weighted by Gasteiger charge is -2.29. The number of benzene rings is 2. The van der Waals surface area contributed by atoms with Crippen molar-refractivity contribution in [2.75, 3.05) is 18.6 Å². The Morgan fingerprint density at radius 1 is 1.08 bits per heavy atom. The molecular weight excluding hydrogens is 464 g/mol. The topological polar surface area (TPSA) is 94.2 Å². The zero-order valence-electron chi connectivity index (χ0n) is 19.5. The molecule has 9 heteroatoms. The first-order valence-corrected chi connectivity index (χ1v) is 11.4. The summed E-state index contributed by atoms with van der Waals surface area (Å²) in [5, 5.41) is 0. The molecule has 1 aliphatic heterocycles. The van der Waals surface area contributed by atoms with E-state index >= 15 is 0 Å². The first-order valence-electron chi connectivity index (χ1n) is 11.4. The van der Waals surface area contributed by atoms with Gasteiger partial charge in [-0.15, -0.1) is 0 Å². The minimum absolute atomic E-state index is 0.00303. The molecule has 0 spiro atoms. The summed E-state index contributed by atoms with van der Waals surface area (Å²) in [6.45, 7) is 0.719. The van der Waals surface area contributed by atoms with Crippen molar-refractivity contribution in [3.63, 3.8) is 0 Å². The van der Waals surface area contributed by atoms with Gasteiger partial charge >= 0.3 is 0 Å². The number of aromatic nitrogens is 3. The third-order valence-electron chi connectivity index (χ3n) is 6.28. The summed E-state index contributed by atoms with van der Waals surface area (Å²) in [5.74, 6) is -1.80. The van der Waals surface area contributed by atoms with Crippen molar-refractivity contribution in [2.24, 2.45) is 5.73 Å². The third kappa shape index (κ3) is 4.24. The van der Waals surface area contributed by atoms with Gasteiger partial charge in [0.25, 0.3) is 5.91 Å². The molecule has 2 aromatic heterocycles. The Morgan fingerprint density at radius 2 is 1.94 bits per heavy atom. The van der Waals surface area contributed by atoms with Crippen LogP contribution in [0.5, 0.6) is 5.75 Å². The lowest BCUT2D eigenvalue weighted by Crippen LogP contribution is -2.24. The number of primary amides is 1. The number of ether oxygens (including phenoxy) is 1. The number of rotatable bonds is 6. The molecule has 1 unspecified atom stereocenters. The predicted molar refractivity (Wildman–Crippen MR) is 131 cm³/mol. The number of nitrogens with two attached hydrogens (primary N) is 1. The maximum absolute atomic E-state index is 14.7. The molecule has 1 amide bonds. The van der Waals surface area contributed by atoms with Gasteiger partial charge in [-0.3, -0.25) is 9.78 Å². The Kier molecular flexibility index (Phi) is 6.28. The molecule has 0 aliphatic carbocycles. The van der Waals surface area contributed by atoms with Crippen molar-refractivity contribution < 1.29 is 18.3 Å². The Hall–Kier alpha value is -4.40. The van der Waals surface area contributed by atoms with Crippen LogP contribution in [-0.4, -0.2) is 34.5 Å². The quantitative estimate of drug-likeness (QED) is 0.414. The summed E-state index contributed by atoms with van der Waals surface area (Å²) in [6.07, 6.45) is 4.91. The van der Waals surface area contributed by atoms with Crippen LogP contribution < -0.4 is 15.4 Å². The molecule has 0 bridgehead atoms. The maximum atomic E-state index is 14.7. The fraction of sp³-hybridized carbons (Fsp3) is 0.185. The smallest absolute Gasteiger partial charge is 0.268 e. The molecule has 36 heavy (non-hydrogen) atoms. The molecular formula is C27H23F2N5O2. The van der Waals surface area contributed by atoms with Crippen molar-refractivity contribution in [3.8, 4) is 28.3 Å². The molecule has 1 atom stereocenters. The lowest BCUT2D eigenvalue weighted by atomic mass is 10.0. The van der Waals surface area contributed by atoms with Crippen LogP contribution in [0.4, 0.5) is 14.5 Å². The van der Waals surface area contributed by atoms with E-state index in [4.69, 9.17) is 10.5 Å². The summed E-state index contributed by atoms with van der Waals surface area (Å²) in [4.78, 5) is 27.8. The van der Waals surface area contributed by atoms with Crippen molar-refractivity contribution in [1.82, 2.24) is 15.0 Å². The first kappa shape index (κ1) is 23.3. The normalized spacial score (nSPS) is 15.2. The van der Waals surface area contributed by atoms with E-state index in [1.807, 2.05) is 18.2 Å². The van der Waals surface area contributed by atoms with Gasteiger partial charge in [-0.25, -0.2) is 18.7 Å². The fourth-order valence-corrected chi connectivity index (χ4v) is 4.69. The van der Waals surface area contributed by atoms with Gasteiger partial charge in [0, 0.05) is 35.8 Å². The van der Waals surface area contributed by atoms with Crippen molar-refractivity contribution in [3.05, 3.63) is 90.0 Å². The summed E-state index contributed by atoms with van der Waals surface area (Å²) in [7, 11) is 1.40. The van der Waals surface area contributed by atoms with Gasteiger partial charge in [-0.1, -0.05) is 12.1 Å². The third-order valence-corrected chi connectivity index (χ3v) is 6.28. The molecule has 7 nitrogen and oxygen atoms in total. The summed E-state index contributed by atoms with van der Waals surface area (Å²) >= 11 is 0. The number of methoxy groups -OCH3 is 1. The van der Waals surface area contributed by atoms with Crippen LogP contribution in [0, 0.1) is 11.6 Å². The molecule has 3 heterocycles. The number of nitrogens with zero attached hydrogens (tertiary/aromatic N) is 4. The van der Waals surface area contributed by atoms with Gasteiger partial charge in [0.2, 0.25) is 0 Å². The van der Waals surface area contributed by atoms with Crippen LogP contribution in [-0.2, 0) is 0 Å². The Balaban J connectivity index is 1.65. The molecule has 0 saturated carbocycles.